The molecule has 1 saturated heterocycles. The van der Waals surface area contributed by atoms with Crippen LogP contribution in [0.15, 0.2) is 23.1 Å². The highest BCUT2D eigenvalue weighted by Gasteiger charge is 2.19. The minimum Gasteiger partial charge on any atom is -0.482 e. The summed E-state index contributed by atoms with van der Waals surface area (Å²) in [6.07, 6.45) is 4.33. The number of benzene rings is 1. The first-order valence-corrected chi connectivity index (χ1v) is 10.4. The van der Waals surface area contributed by atoms with Crippen LogP contribution in [-0.4, -0.2) is 45.0 Å². The van der Waals surface area contributed by atoms with E-state index < -0.39 is 10.0 Å². The zero-order valence-corrected chi connectivity index (χ0v) is 16.2. The molecule has 0 aliphatic carbocycles. The van der Waals surface area contributed by atoms with Crippen molar-refractivity contribution in [3.05, 3.63) is 23.2 Å². The quantitative estimate of drug-likeness (QED) is 0.813. The van der Waals surface area contributed by atoms with Gasteiger partial charge in [0, 0.05) is 19.1 Å². The highest BCUT2D eigenvalue weighted by atomic mass is 35.5. The second kappa shape index (κ2) is 8.87. The van der Waals surface area contributed by atoms with Gasteiger partial charge in [-0.05, 0) is 44.9 Å². The number of carbonyl (C=O) groups is 1. The fourth-order valence-corrected chi connectivity index (χ4v) is 4.27. The van der Waals surface area contributed by atoms with Crippen molar-refractivity contribution < 1.29 is 17.9 Å². The summed E-state index contributed by atoms with van der Waals surface area (Å²) in [4.78, 5) is 14.1. The minimum absolute atomic E-state index is 0.0670. The molecule has 1 aliphatic rings. The van der Waals surface area contributed by atoms with Gasteiger partial charge in [0.25, 0.3) is 5.91 Å². The zero-order chi connectivity index (χ0) is 18.4. The summed E-state index contributed by atoms with van der Waals surface area (Å²) in [5.74, 6) is 0.226. The number of rotatable bonds is 6. The van der Waals surface area contributed by atoms with E-state index in [0.717, 1.165) is 38.8 Å². The van der Waals surface area contributed by atoms with Crippen molar-refractivity contribution in [2.45, 2.75) is 50.5 Å². The van der Waals surface area contributed by atoms with E-state index >= 15 is 0 Å². The number of nitrogens with zero attached hydrogens (tertiary/aromatic N) is 1. The number of hydrogen-bond acceptors (Lipinski definition) is 4. The van der Waals surface area contributed by atoms with Crippen LogP contribution in [0.4, 0.5) is 0 Å². The molecule has 140 valence electrons. The molecule has 0 saturated carbocycles. The van der Waals surface area contributed by atoms with E-state index in [2.05, 4.69) is 4.72 Å². The molecule has 1 fully saturated rings. The third kappa shape index (κ3) is 5.87. The average Bonchev–Trinajstić information content (AvgIpc) is 2.81. The van der Waals surface area contributed by atoms with Crippen molar-refractivity contribution >= 4 is 27.5 Å². The lowest BCUT2D eigenvalue weighted by Gasteiger charge is -2.20. The molecule has 0 spiro atoms. The normalized spacial score (nSPS) is 15.9. The Hall–Kier alpha value is -1.31. The van der Waals surface area contributed by atoms with Crippen LogP contribution in [0, 0.1) is 0 Å². The van der Waals surface area contributed by atoms with Gasteiger partial charge in [0.15, 0.2) is 6.61 Å². The summed E-state index contributed by atoms with van der Waals surface area (Å²) >= 11 is 6.13. The van der Waals surface area contributed by atoms with E-state index in [-0.39, 0.29) is 28.5 Å². The maximum atomic E-state index is 12.2. The maximum absolute atomic E-state index is 12.2. The first kappa shape index (κ1) is 20.0. The molecular formula is C17H25ClN2O4S. The van der Waals surface area contributed by atoms with Crippen LogP contribution >= 0.6 is 11.6 Å². The number of nitrogens with one attached hydrogen (secondary N) is 1. The van der Waals surface area contributed by atoms with Gasteiger partial charge in [0.1, 0.15) is 5.75 Å². The highest BCUT2D eigenvalue weighted by Crippen LogP contribution is 2.27. The predicted octanol–water partition coefficient (Wildman–Crippen LogP) is 2.81. The molecule has 1 amide bonds. The number of sulfonamides is 1. The largest absolute Gasteiger partial charge is 0.482 e. The molecule has 1 aliphatic heterocycles. The van der Waals surface area contributed by atoms with Crippen molar-refractivity contribution in [2.24, 2.45) is 0 Å². The van der Waals surface area contributed by atoms with Gasteiger partial charge in [-0.1, -0.05) is 24.4 Å². The molecule has 2 rings (SSSR count). The number of halogens is 1. The molecule has 0 bridgehead atoms. The van der Waals surface area contributed by atoms with Crippen LogP contribution in [0.25, 0.3) is 0 Å². The molecule has 0 unspecified atom stereocenters. The van der Waals surface area contributed by atoms with Crippen molar-refractivity contribution in [1.82, 2.24) is 9.62 Å². The standard InChI is InChI=1S/C17H25ClN2O4S/c1-13(2)19-25(22,23)14-7-8-16(15(18)11-14)24-12-17(21)20-9-5-3-4-6-10-20/h7-8,11,13,19H,3-6,9-10,12H2,1-2H3. The van der Waals surface area contributed by atoms with Crippen LogP contribution in [0.5, 0.6) is 5.75 Å². The monoisotopic (exact) mass is 388 g/mol. The van der Waals surface area contributed by atoms with Crippen molar-refractivity contribution in [3.63, 3.8) is 0 Å². The van der Waals surface area contributed by atoms with Crippen LogP contribution in [0.3, 0.4) is 0 Å². The van der Waals surface area contributed by atoms with Crippen molar-refractivity contribution in [2.75, 3.05) is 19.7 Å². The lowest BCUT2D eigenvalue weighted by Crippen LogP contribution is -2.35. The Labute approximate surface area is 154 Å². The van der Waals surface area contributed by atoms with Gasteiger partial charge in [-0.25, -0.2) is 13.1 Å². The van der Waals surface area contributed by atoms with Gasteiger partial charge in [0.2, 0.25) is 10.0 Å². The highest BCUT2D eigenvalue weighted by molar-refractivity contribution is 7.89. The van der Waals surface area contributed by atoms with Crippen molar-refractivity contribution in [1.29, 1.82) is 0 Å². The van der Waals surface area contributed by atoms with Gasteiger partial charge < -0.3 is 9.64 Å². The molecule has 1 N–H and O–H groups in total. The minimum atomic E-state index is -3.62. The van der Waals surface area contributed by atoms with Crippen LogP contribution in [-0.2, 0) is 14.8 Å². The van der Waals surface area contributed by atoms with Crippen LogP contribution in [0.2, 0.25) is 5.02 Å². The number of amides is 1. The van der Waals surface area contributed by atoms with E-state index in [1.54, 1.807) is 13.8 Å². The molecule has 6 nitrogen and oxygen atoms in total. The summed E-state index contributed by atoms with van der Waals surface area (Å²) < 4.78 is 32.3. The van der Waals surface area contributed by atoms with E-state index in [0.29, 0.717) is 5.75 Å². The third-order valence-electron chi connectivity index (χ3n) is 3.91. The Morgan fingerprint density at radius 2 is 1.88 bits per heavy atom. The molecule has 0 radical (unpaired) electrons. The fraction of sp³-hybridized carbons (Fsp3) is 0.588. The first-order valence-electron chi connectivity index (χ1n) is 8.52. The van der Waals surface area contributed by atoms with Gasteiger partial charge in [-0.15, -0.1) is 0 Å². The number of ether oxygens (including phenoxy) is 1. The summed E-state index contributed by atoms with van der Waals surface area (Å²) in [6.45, 7) is 4.90. The Balaban J connectivity index is 2.00. The van der Waals surface area contributed by atoms with Crippen LogP contribution < -0.4 is 9.46 Å². The Bertz CT molecular complexity index is 699. The third-order valence-corrected chi connectivity index (χ3v) is 5.87. The molecule has 0 aromatic heterocycles. The summed E-state index contributed by atoms with van der Waals surface area (Å²) in [5, 5.41) is 0.162. The smallest absolute Gasteiger partial charge is 0.260 e. The Kier molecular flexibility index (Phi) is 7.10. The van der Waals surface area contributed by atoms with E-state index in [1.165, 1.54) is 18.2 Å². The lowest BCUT2D eigenvalue weighted by molar-refractivity contribution is -0.133. The topological polar surface area (TPSA) is 75.7 Å². The van der Waals surface area contributed by atoms with Gasteiger partial charge in [0.05, 0.1) is 9.92 Å². The molecule has 1 aromatic rings. The Morgan fingerprint density at radius 1 is 1.24 bits per heavy atom. The van der Waals surface area contributed by atoms with E-state index in [9.17, 15) is 13.2 Å². The van der Waals surface area contributed by atoms with Crippen molar-refractivity contribution in [3.8, 4) is 5.75 Å². The number of likely N-dealkylation sites (tertiary alicyclic amines) is 1. The Morgan fingerprint density at radius 3 is 2.44 bits per heavy atom. The van der Waals surface area contributed by atoms with Crippen LogP contribution in [0.1, 0.15) is 39.5 Å². The van der Waals surface area contributed by atoms with Gasteiger partial charge >= 0.3 is 0 Å². The second-order valence-corrected chi connectivity index (χ2v) is 8.57. The average molecular weight is 389 g/mol. The van der Waals surface area contributed by atoms with E-state index in [4.69, 9.17) is 16.3 Å². The molecule has 1 heterocycles. The molecule has 0 atom stereocenters. The van der Waals surface area contributed by atoms with Gasteiger partial charge in [-0.2, -0.15) is 0 Å². The fourth-order valence-electron chi connectivity index (χ4n) is 2.69. The molecule has 8 heteroatoms. The molecular weight excluding hydrogens is 364 g/mol. The number of hydrogen-bond donors (Lipinski definition) is 1. The zero-order valence-electron chi connectivity index (χ0n) is 14.6. The summed E-state index contributed by atoms with van der Waals surface area (Å²) in [5.41, 5.74) is 0. The van der Waals surface area contributed by atoms with E-state index in [1.807, 2.05) is 4.90 Å². The second-order valence-electron chi connectivity index (χ2n) is 6.45. The summed E-state index contributed by atoms with van der Waals surface area (Å²) in [7, 11) is -3.62. The SMILES string of the molecule is CC(C)NS(=O)(=O)c1ccc(OCC(=O)N2CCCCCC2)c(Cl)c1. The lowest BCUT2D eigenvalue weighted by atomic mass is 10.2. The molecule has 25 heavy (non-hydrogen) atoms. The summed E-state index contributed by atoms with van der Waals surface area (Å²) in [6, 6.07) is 4.01. The molecule has 1 aromatic carbocycles. The first-order chi connectivity index (χ1) is 11.8. The predicted molar refractivity (Wildman–Crippen MR) is 97.5 cm³/mol. The number of carbonyl (C=O) groups excluding carboxylic acids is 1. The van der Waals surface area contributed by atoms with Gasteiger partial charge in [-0.3, -0.25) is 4.79 Å². The maximum Gasteiger partial charge on any atom is 0.260 e.